The molecule has 1 fully saturated rings. The minimum atomic E-state index is -0.323. The first kappa shape index (κ1) is 11.5. The number of nitrogens with zero attached hydrogens (tertiary/aromatic N) is 2. The normalized spacial score (nSPS) is 18.4. The molecule has 2 aromatic rings. The van der Waals surface area contributed by atoms with Crippen LogP contribution in [0.4, 0.5) is 4.79 Å². The van der Waals surface area contributed by atoms with Gasteiger partial charge in [0.2, 0.25) is 0 Å². The van der Waals surface area contributed by atoms with Crippen molar-refractivity contribution in [2.45, 2.75) is 13.0 Å². The predicted molar refractivity (Wildman–Crippen MR) is 72.3 cm³/mol. The molecule has 1 aliphatic rings. The Hall–Kier alpha value is -2.54. The number of aryl methyl sites for hydroxylation is 1. The highest BCUT2D eigenvalue weighted by Gasteiger charge is 2.29. The number of carbonyl (C=O) groups excluding carboxylic acids is 1. The fourth-order valence-electron chi connectivity index (χ4n) is 2.41. The molecule has 4 nitrogen and oxygen atoms in total. The van der Waals surface area contributed by atoms with Gasteiger partial charge in [-0.3, -0.25) is 0 Å². The van der Waals surface area contributed by atoms with Crippen LogP contribution in [0.3, 0.4) is 0 Å². The highest BCUT2D eigenvalue weighted by molar-refractivity contribution is 5.84. The highest BCUT2D eigenvalue weighted by Crippen LogP contribution is 2.24. The first-order valence-corrected chi connectivity index (χ1v) is 6.15. The van der Waals surface area contributed by atoms with Crippen LogP contribution in [0.25, 0.3) is 10.8 Å². The summed E-state index contributed by atoms with van der Waals surface area (Å²) >= 11 is 0. The van der Waals surface area contributed by atoms with Gasteiger partial charge in [-0.15, -0.1) is 0 Å². The summed E-state index contributed by atoms with van der Waals surface area (Å²) in [5, 5.41) is 14.0. The van der Waals surface area contributed by atoms with Crippen molar-refractivity contribution in [2.24, 2.45) is 0 Å². The number of amides is 2. The zero-order chi connectivity index (χ0) is 13.4. The van der Waals surface area contributed by atoms with E-state index in [4.69, 9.17) is 5.26 Å². The lowest BCUT2D eigenvalue weighted by Gasteiger charge is -2.10. The van der Waals surface area contributed by atoms with Gasteiger partial charge in [0, 0.05) is 0 Å². The van der Waals surface area contributed by atoms with Gasteiger partial charge in [0.05, 0.1) is 12.6 Å². The molecule has 1 atom stereocenters. The van der Waals surface area contributed by atoms with E-state index in [1.807, 2.05) is 12.3 Å². The van der Waals surface area contributed by atoms with E-state index in [1.165, 1.54) is 10.9 Å². The predicted octanol–water partition coefficient (Wildman–Crippen LogP) is 2.70. The molecule has 19 heavy (non-hydrogen) atoms. The minimum absolute atomic E-state index is 0.113. The maximum atomic E-state index is 11.5. The number of fused-ring (bicyclic) bond motifs is 1. The summed E-state index contributed by atoms with van der Waals surface area (Å²) in [7, 11) is 0. The molecule has 0 bridgehead atoms. The average Bonchev–Trinajstić information content (AvgIpc) is 2.79. The fourth-order valence-corrected chi connectivity index (χ4v) is 2.41. The molecular weight excluding hydrogens is 238 g/mol. The van der Waals surface area contributed by atoms with Gasteiger partial charge in [0.1, 0.15) is 0 Å². The van der Waals surface area contributed by atoms with Crippen molar-refractivity contribution in [2.75, 3.05) is 6.54 Å². The summed E-state index contributed by atoms with van der Waals surface area (Å²) in [4.78, 5) is 12.6. The third-order valence-electron chi connectivity index (χ3n) is 3.45. The first-order valence-electron chi connectivity index (χ1n) is 6.15. The summed E-state index contributed by atoms with van der Waals surface area (Å²) in [5.41, 5.74) is 2.26. The number of carbonyl (C=O) groups is 1. The zero-order valence-electron chi connectivity index (χ0n) is 10.6. The number of rotatable bonds is 1. The summed E-state index contributed by atoms with van der Waals surface area (Å²) in [6.07, 6.45) is 1.88. The van der Waals surface area contributed by atoms with Crippen molar-refractivity contribution in [3.8, 4) is 6.19 Å². The summed E-state index contributed by atoms with van der Waals surface area (Å²) in [6, 6.07) is 12.0. The van der Waals surface area contributed by atoms with Gasteiger partial charge in [-0.25, -0.2) is 9.69 Å². The van der Waals surface area contributed by atoms with Crippen LogP contribution >= 0.6 is 0 Å². The number of benzene rings is 2. The topological polar surface area (TPSA) is 56.1 Å². The van der Waals surface area contributed by atoms with E-state index in [1.54, 1.807) is 0 Å². The van der Waals surface area contributed by atoms with Gasteiger partial charge >= 0.3 is 6.03 Å². The number of hydrogen-bond donors (Lipinski definition) is 1. The number of urea groups is 1. The zero-order valence-corrected chi connectivity index (χ0v) is 10.6. The molecule has 1 aliphatic heterocycles. The van der Waals surface area contributed by atoms with Crippen molar-refractivity contribution in [3.05, 3.63) is 47.5 Å². The Kier molecular flexibility index (Phi) is 2.60. The lowest BCUT2D eigenvalue weighted by Crippen LogP contribution is -2.23. The smallest absolute Gasteiger partial charge is 0.328 e. The molecule has 0 radical (unpaired) electrons. The summed E-state index contributed by atoms with van der Waals surface area (Å²) in [5.74, 6) is 0. The van der Waals surface area contributed by atoms with E-state index in [0.29, 0.717) is 6.54 Å². The minimum Gasteiger partial charge on any atom is -0.328 e. The molecule has 0 aromatic heterocycles. The highest BCUT2D eigenvalue weighted by atomic mass is 16.2. The van der Waals surface area contributed by atoms with E-state index < -0.39 is 0 Å². The quantitative estimate of drug-likeness (QED) is 0.792. The molecule has 1 N–H and O–H groups in total. The fraction of sp³-hybridized carbons (Fsp3) is 0.200. The van der Waals surface area contributed by atoms with Gasteiger partial charge in [-0.2, -0.15) is 5.26 Å². The maximum Gasteiger partial charge on any atom is 0.331 e. The Bertz CT molecular complexity index is 702. The Morgan fingerprint density at radius 2 is 2.00 bits per heavy atom. The second kappa shape index (κ2) is 4.29. The Labute approximate surface area is 111 Å². The second-order valence-electron chi connectivity index (χ2n) is 4.82. The van der Waals surface area contributed by atoms with Crippen LogP contribution in [0.5, 0.6) is 0 Å². The molecule has 2 aromatic carbocycles. The van der Waals surface area contributed by atoms with Crippen LogP contribution in [-0.2, 0) is 0 Å². The third-order valence-corrected chi connectivity index (χ3v) is 3.45. The van der Waals surface area contributed by atoms with Crippen LogP contribution in [-0.4, -0.2) is 17.5 Å². The van der Waals surface area contributed by atoms with E-state index >= 15 is 0 Å². The Balaban J connectivity index is 1.97. The third kappa shape index (κ3) is 2.00. The van der Waals surface area contributed by atoms with E-state index in [-0.39, 0.29) is 12.1 Å². The number of hydrogen-bond acceptors (Lipinski definition) is 2. The molecule has 1 saturated heterocycles. The second-order valence-corrected chi connectivity index (χ2v) is 4.82. The molecule has 1 unspecified atom stereocenters. The molecule has 3 rings (SSSR count). The van der Waals surface area contributed by atoms with Crippen LogP contribution < -0.4 is 5.32 Å². The average molecular weight is 251 g/mol. The molecule has 0 aliphatic carbocycles. The molecular formula is C15H13N3O. The molecule has 4 heteroatoms. The lowest BCUT2D eigenvalue weighted by molar-refractivity contribution is 0.232. The van der Waals surface area contributed by atoms with Crippen LogP contribution in [0.15, 0.2) is 36.4 Å². The molecule has 0 saturated carbocycles. The van der Waals surface area contributed by atoms with Gasteiger partial charge in [0.15, 0.2) is 6.19 Å². The van der Waals surface area contributed by atoms with Crippen LogP contribution in [0.1, 0.15) is 17.2 Å². The van der Waals surface area contributed by atoms with Crippen molar-refractivity contribution in [1.82, 2.24) is 10.2 Å². The molecule has 0 spiro atoms. The van der Waals surface area contributed by atoms with Crippen LogP contribution in [0, 0.1) is 18.4 Å². The van der Waals surface area contributed by atoms with Gasteiger partial charge in [-0.05, 0) is 29.3 Å². The van der Waals surface area contributed by atoms with Crippen molar-refractivity contribution < 1.29 is 4.79 Å². The van der Waals surface area contributed by atoms with Gasteiger partial charge in [0.25, 0.3) is 0 Å². The van der Waals surface area contributed by atoms with Gasteiger partial charge < -0.3 is 5.32 Å². The van der Waals surface area contributed by atoms with E-state index in [0.717, 1.165) is 15.8 Å². The van der Waals surface area contributed by atoms with E-state index in [9.17, 15) is 4.79 Å². The monoisotopic (exact) mass is 251 g/mol. The van der Waals surface area contributed by atoms with Gasteiger partial charge in [-0.1, -0.05) is 35.9 Å². The standard InChI is InChI=1S/C15H13N3O/c1-10-2-3-12-7-13(5-4-11(12)6-10)14-8-18(9-16)15(19)17-14/h2-7,14H,8H2,1H3,(H,17,19). The van der Waals surface area contributed by atoms with Crippen molar-refractivity contribution in [3.63, 3.8) is 0 Å². The lowest BCUT2D eigenvalue weighted by atomic mass is 10.0. The SMILES string of the molecule is Cc1ccc2cc(C3CN(C#N)C(=O)N3)ccc2c1. The summed E-state index contributed by atoms with van der Waals surface area (Å²) < 4.78 is 0. The van der Waals surface area contributed by atoms with Crippen molar-refractivity contribution in [1.29, 1.82) is 5.26 Å². The number of nitriles is 1. The largest absolute Gasteiger partial charge is 0.331 e. The Morgan fingerprint density at radius 1 is 1.26 bits per heavy atom. The van der Waals surface area contributed by atoms with E-state index in [2.05, 4.69) is 42.6 Å². The molecule has 94 valence electrons. The van der Waals surface area contributed by atoms with Crippen LogP contribution in [0.2, 0.25) is 0 Å². The summed E-state index contributed by atoms with van der Waals surface area (Å²) in [6.45, 7) is 2.46. The number of nitrogens with one attached hydrogen (secondary N) is 1. The maximum absolute atomic E-state index is 11.5. The van der Waals surface area contributed by atoms with Crippen molar-refractivity contribution >= 4 is 16.8 Å². The first-order chi connectivity index (χ1) is 9.17. The Morgan fingerprint density at radius 3 is 2.74 bits per heavy atom. The molecule has 2 amide bonds. The molecule has 1 heterocycles.